The number of allylic oxidation sites excluding steroid dienone is 1. The van der Waals surface area contributed by atoms with E-state index in [-0.39, 0.29) is 15.8 Å². The number of carbonyl (C=O) groups is 2. The highest BCUT2D eigenvalue weighted by molar-refractivity contribution is 8.26. The molecule has 1 N–H and O–H groups in total. The molecule has 0 aromatic heterocycles. The second kappa shape index (κ2) is 6.55. The number of benzene rings is 1. The zero-order chi connectivity index (χ0) is 19.2. The van der Waals surface area contributed by atoms with Crippen molar-refractivity contribution < 1.29 is 14.7 Å². The van der Waals surface area contributed by atoms with Gasteiger partial charge < -0.3 is 10.0 Å². The summed E-state index contributed by atoms with van der Waals surface area (Å²) in [4.78, 5) is 27.1. The number of carboxylic acids is 1. The number of carbonyl (C=O) groups excluding carboxylic acids is 1. The molecule has 26 heavy (non-hydrogen) atoms. The lowest BCUT2D eigenvalue weighted by atomic mass is 9.88. The monoisotopic (exact) mass is 388 g/mol. The Morgan fingerprint density at radius 2 is 2.08 bits per heavy atom. The molecule has 0 aliphatic carbocycles. The molecule has 1 amide bonds. The zero-order valence-electron chi connectivity index (χ0n) is 15.1. The van der Waals surface area contributed by atoms with Crippen LogP contribution in [0.1, 0.15) is 31.9 Å². The molecule has 0 bridgehead atoms. The van der Waals surface area contributed by atoms with Gasteiger partial charge in [-0.2, -0.15) is 0 Å². The summed E-state index contributed by atoms with van der Waals surface area (Å²) in [6.07, 6.45) is 4.00. The molecule has 7 heteroatoms. The third-order valence-corrected chi connectivity index (χ3v) is 6.08. The van der Waals surface area contributed by atoms with Gasteiger partial charge in [0.15, 0.2) is 0 Å². The molecule has 0 atom stereocenters. The number of aliphatic carboxylic acids is 1. The Morgan fingerprint density at radius 1 is 1.38 bits per heavy atom. The summed E-state index contributed by atoms with van der Waals surface area (Å²) in [5.74, 6) is -1.44. The Morgan fingerprint density at radius 3 is 2.73 bits per heavy atom. The van der Waals surface area contributed by atoms with Gasteiger partial charge in [-0.25, -0.2) is 0 Å². The van der Waals surface area contributed by atoms with E-state index < -0.39 is 12.5 Å². The Bertz CT molecular complexity index is 887. The molecule has 1 saturated heterocycles. The zero-order valence-corrected chi connectivity index (χ0v) is 16.7. The SMILES string of the molecule is CC1=CC(C)(C)N(C)c2ccc(/C=C3/SC(=S)N(CC(=O)O)C3=O)cc21. The van der Waals surface area contributed by atoms with Crippen molar-refractivity contribution in [2.45, 2.75) is 26.3 Å². The van der Waals surface area contributed by atoms with Crippen molar-refractivity contribution in [3.63, 3.8) is 0 Å². The second-order valence-corrected chi connectivity index (χ2v) is 8.65. The van der Waals surface area contributed by atoms with Crippen molar-refractivity contribution in [3.8, 4) is 0 Å². The summed E-state index contributed by atoms with van der Waals surface area (Å²) in [5, 5.41) is 8.92. The Balaban J connectivity index is 1.94. The quantitative estimate of drug-likeness (QED) is 0.631. The van der Waals surface area contributed by atoms with Crippen LogP contribution in [0, 0.1) is 0 Å². The van der Waals surface area contributed by atoms with Crippen molar-refractivity contribution in [2.24, 2.45) is 0 Å². The molecule has 0 spiro atoms. The number of carboxylic acid groups (broad SMARTS) is 1. The van der Waals surface area contributed by atoms with Gasteiger partial charge in [-0.1, -0.05) is 36.1 Å². The number of thiocarbonyl (C=S) groups is 1. The lowest BCUT2D eigenvalue weighted by Crippen LogP contribution is -2.42. The molecule has 0 radical (unpaired) electrons. The van der Waals surface area contributed by atoms with Crippen LogP contribution in [-0.4, -0.2) is 45.3 Å². The van der Waals surface area contributed by atoms with Gasteiger partial charge >= 0.3 is 5.97 Å². The van der Waals surface area contributed by atoms with E-state index in [4.69, 9.17) is 17.3 Å². The first kappa shape index (κ1) is 18.7. The minimum atomic E-state index is -1.08. The maximum Gasteiger partial charge on any atom is 0.323 e. The fraction of sp³-hybridized carbons (Fsp3) is 0.316. The minimum Gasteiger partial charge on any atom is -0.480 e. The number of rotatable bonds is 3. The normalized spacial score (nSPS) is 20.5. The second-order valence-electron chi connectivity index (χ2n) is 6.98. The van der Waals surface area contributed by atoms with Crippen LogP contribution in [-0.2, 0) is 9.59 Å². The molecular weight excluding hydrogens is 368 g/mol. The third-order valence-electron chi connectivity index (χ3n) is 4.71. The Kier molecular flexibility index (Phi) is 4.71. The predicted molar refractivity (Wildman–Crippen MR) is 110 cm³/mol. The average Bonchev–Trinajstić information content (AvgIpc) is 2.80. The van der Waals surface area contributed by atoms with Crippen LogP contribution in [0.3, 0.4) is 0 Å². The number of hydrogen-bond donors (Lipinski definition) is 1. The summed E-state index contributed by atoms with van der Waals surface area (Å²) < 4.78 is 0.277. The van der Waals surface area contributed by atoms with Gasteiger partial charge in [-0.05, 0) is 50.1 Å². The number of thioether (sulfide) groups is 1. The first-order valence-electron chi connectivity index (χ1n) is 8.15. The van der Waals surface area contributed by atoms with E-state index >= 15 is 0 Å². The molecule has 0 unspecified atom stereocenters. The fourth-order valence-electron chi connectivity index (χ4n) is 3.19. The summed E-state index contributed by atoms with van der Waals surface area (Å²) in [6, 6.07) is 6.07. The third kappa shape index (κ3) is 3.29. The summed E-state index contributed by atoms with van der Waals surface area (Å²) in [6.45, 7) is 6.01. The van der Waals surface area contributed by atoms with Gasteiger partial charge in [-0.15, -0.1) is 0 Å². The van der Waals surface area contributed by atoms with Crippen molar-refractivity contribution in [1.82, 2.24) is 4.90 Å². The molecule has 2 aliphatic heterocycles. The van der Waals surface area contributed by atoms with Gasteiger partial charge in [0.05, 0.1) is 10.4 Å². The van der Waals surface area contributed by atoms with Crippen molar-refractivity contribution >= 4 is 57.5 Å². The number of fused-ring (bicyclic) bond motifs is 1. The maximum atomic E-state index is 12.4. The summed E-state index contributed by atoms with van der Waals surface area (Å²) in [5.41, 5.74) is 4.29. The molecule has 2 aliphatic rings. The van der Waals surface area contributed by atoms with Gasteiger partial charge in [0.2, 0.25) is 0 Å². The molecule has 5 nitrogen and oxygen atoms in total. The van der Waals surface area contributed by atoms with Gasteiger partial charge in [-0.3, -0.25) is 14.5 Å². The number of anilines is 1. The lowest BCUT2D eigenvalue weighted by molar-refractivity contribution is -0.140. The largest absolute Gasteiger partial charge is 0.480 e. The van der Waals surface area contributed by atoms with E-state index in [2.05, 4.69) is 50.9 Å². The average molecular weight is 389 g/mol. The predicted octanol–water partition coefficient (Wildman–Crippen LogP) is 3.60. The van der Waals surface area contributed by atoms with Crippen molar-refractivity contribution in [1.29, 1.82) is 0 Å². The fourth-order valence-corrected chi connectivity index (χ4v) is 4.44. The smallest absolute Gasteiger partial charge is 0.323 e. The maximum absolute atomic E-state index is 12.4. The molecular formula is C19H20N2O3S2. The van der Waals surface area contributed by atoms with E-state index in [1.807, 2.05) is 6.07 Å². The van der Waals surface area contributed by atoms with E-state index in [0.717, 1.165) is 33.5 Å². The van der Waals surface area contributed by atoms with E-state index in [9.17, 15) is 9.59 Å². The van der Waals surface area contributed by atoms with Gasteiger partial charge in [0.1, 0.15) is 10.9 Å². The van der Waals surface area contributed by atoms with Crippen LogP contribution in [0.4, 0.5) is 5.69 Å². The Hall–Kier alpha value is -2.12. The molecule has 1 aromatic carbocycles. The first-order valence-corrected chi connectivity index (χ1v) is 9.37. The molecule has 1 aromatic rings. The highest BCUT2D eigenvalue weighted by Crippen LogP contribution is 2.39. The van der Waals surface area contributed by atoms with Crippen LogP contribution in [0.15, 0.2) is 29.2 Å². The van der Waals surface area contributed by atoms with E-state index in [1.165, 1.54) is 5.57 Å². The van der Waals surface area contributed by atoms with Crippen LogP contribution >= 0.6 is 24.0 Å². The Labute approximate surface area is 162 Å². The van der Waals surface area contributed by atoms with Crippen molar-refractivity contribution in [2.75, 3.05) is 18.5 Å². The summed E-state index contributed by atoms with van der Waals surface area (Å²) in [7, 11) is 2.07. The number of hydrogen-bond acceptors (Lipinski definition) is 5. The van der Waals surface area contributed by atoms with Crippen LogP contribution in [0.25, 0.3) is 11.6 Å². The van der Waals surface area contributed by atoms with Crippen LogP contribution in [0.2, 0.25) is 0 Å². The number of likely N-dealkylation sites (N-methyl/N-ethyl adjacent to an activating group) is 1. The molecule has 1 fully saturated rings. The highest BCUT2D eigenvalue weighted by atomic mass is 32.2. The van der Waals surface area contributed by atoms with Crippen LogP contribution in [0.5, 0.6) is 0 Å². The molecule has 3 rings (SSSR count). The number of amides is 1. The van der Waals surface area contributed by atoms with Crippen molar-refractivity contribution in [3.05, 3.63) is 40.3 Å². The lowest BCUT2D eigenvalue weighted by Gasteiger charge is -2.40. The summed E-state index contributed by atoms with van der Waals surface area (Å²) >= 11 is 6.27. The van der Waals surface area contributed by atoms with Crippen LogP contribution < -0.4 is 4.90 Å². The standard InChI is InChI=1S/C19H20N2O3S2/c1-11-9-19(2,3)20(4)14-6-5-12(7-13(11)14)8-15-17(24)21(10-16(22)23)18(25)26-15/h5-9H,10H2,1-4H3,(H,22,23)/b15-8+. The van der Waals surface area contributed by atoms with E-state index in [1.54, 1.807) is 6.08 Å². The van der Waals surface area contributed by atoms with E-state index in [0.29, 0.717) is 4.91 Å². The minimum absolute atomic E-state index is 0.0577. The first-order chi connectivity index (χ1) is 12.1. The van der Waals surface area contributed by atoms with Gasteiger partial charge in [0, 0.05) is 18.3 Å². The number of nitrogens with zero attached hydrogens (tertiary/aromatic N) is 2. The molecule has 0 saturated carbocycles. The highest BCUT2D eigenvalue weighted by Gasteiger charge is 2.33. The molecule has 2 heterocycles. The molecule has 136 valence electrons. The topological polar surface area (TPSA) is 60.9 Å². The van der Waals surface area contributed by atoms with Gasteiger partial charge in [0.25, 0.3) is 5.91 Å².